The van der Waals surface area contributed by atoms with Gasteiger partial charge in [0.2, 0.25) is 0 Å². The normalized spacial score (nSPS) is 31.8. The van der Waals surface area contributed by atoms with Gasteiger partial charge < -0.3 is 10.9 Å². The molecule has 2 nitrogen and oxygen atoms in total. The first-order valence-electron chi connectivity index (χ1n) is 17.5. The molecule has 6 atom stereocenters. The van der Waals surface area contributed by atoms with E-state index in [4.69, 9.17) is 9.47 Å². The molecular weight excluding hydrogens is 576 g/mol. The Kier molecular flexibility index (Phi) is 41.3. The van der Waals surface area contributed by atoms with Gasteiger partial charge in [0.05, 0.1) is 12.2 Å². The van der Waals surface area contributed by atoms with Gasteiger partial charge in [-0.1, -0.05) is 120 Å². The molecule has 0 radical (unpaired) electrons. The van der Waals surface area contributed by atoms with E-state index in [0.717, 1.165) is 48.7 Å². The monoisotopic (exact) mass is 665 g/mol. The minimum atomic E-state index is 0. The molecule has 1 saturated carbocycles. The van der Waals surface area contributed by atoms with Crippen molar-refractivity contribution in [1.82, 2.24) is 0 Å². The van der Waals surface area contributed by atoms with Gasteiger partial charge in [-0.15, -0.1) is 0 Å². The third-order valence-electron chi connectivity index (χ3n) is 9.57. The summed E-state index contributed by atoms with van der Waals surface area (Å²) in [6, 6.07) is 0. The largest absolute Gasteiger partial charge is 1.00 e. The number of ether oxygens (including phenoxy) is 2. The molecule has 6 unspecified atom stereocenters. The van der Waals surface area contributed by atoms with E-state index in [-0.39, 0.29) is 82.5 Å². The molecule has 3 aliphatic carbocycles. The van der Waals surface area contributed by atoms with E-state index in [0.29, 0.717) is 12.2 Å². The smallest absolute Gasteiger partial charge is 1.00 e. The second-order valence-electron chi connectivity index (χ2n) is 14.9. The van der Waals surface area contributed by atoms with Crippen LogP contribution in [0.15, 0.2) is 23.3 Å². The van der Waals surface area contributed by atoms with Gasteiger partial charge in [-0.3, -0.25) is 0 Å². The van der Waals surface area contributed by atoms with E-state index in [1.54, 1.807) is 11.1 Å². The Morgan fingerprint density at radius 1 is 0.444 bits per heavy atom. The van der Waals surface area contributed by atoms with Crippen molar-refractivity contribution >= 4 is 0 Å². The maximum absolute atomic E-state index is 5.39. The van der Waals surface area contributed by atoms with Crippen LogP contribution < -0.4 is 51.4 Å². The molecule has 0 amide bonds. The van der Waals surface area contributed by atoms with Crippen molar-refractivity contribution in [2.24, 2.45) is 35.5 Å². The summed E-state index contributed by atoms with van der Waals surface area (Å²) < 4.78 is 10.8. The summed E-state index contributed by atoms with van der Waals surface area (Å²) in [6.07, 6.45) is 25.0. The third kappa shape index (κ3) is 32.0. The molecule has 0 spiro atoms. The van der Waals surface area contributed by atoms with Gasteiger partial charge in [-0.25, -0.2) is 0 Å². The van der Waals surface area contributed by atoms with Crippen molar-refractivity contribution in [2.75, 3.05) is 13.2 Å². The average Bonchev–Trinajstić information content (AvgIpc) is 2.94. The minimum absolute atomic E-state index is 0. The first-order chi connectivity index (χ1) is 18.9. The van der Waals surface area contributed by atoms with Crippen LogP contribution >= 0.6 is 0 Å². The summed E-state index contributed by atoms with van der Waals surface area (Å²) in [4.78, 5) is 0. The number of rotatable bonds is 0. The van der Waals surface area contributed by atoms with E-state index < -0.39 is 0 Å². The van der Waals surface area contributed by atoms with Crippen LogP contribution in [0.3, 0.4) is 0 Å². The number of hydrogen-bond donors (Lipinski definition) is 0. The fraction of sp³-hybridized carbons (Fsp3) is 0.905. The van der Waals surface area contributed by atoms with E-state index in [1.807, 2.05) is 0 Å². The molecule has 0 aromatic rings. The maximum Gasteiger partial charge on any atom is 1.00 e. The quantitative estimate of drug-likeness (QED) is 0.189. The Labute approximate surface area is 332 Å². The van der Waals surface area contributed by atoms with Crippen molar-refractivity contribution in [1.29, 1.82) is 0 Å². The van der Waals surface area contributed by atoms with Crippen LogP contribution in [0, 0.1) is 35.5 Å². The summed E-state index contributed by atoms with van der Waals surface area (Å²) in [6.45, 7) is 24.6. The van der Waals surface area contributed by atoms with E-state index >= 15 is 0 Å². The first-order valence-corrected chi connectivity index (χ1v) is 17.5. The van der Waals surface area contributed by atoms with Crippen LogP contribution in [0.5, 0.6) is 0 Å². The van der Waals surface area contributed by atoms with Gasteiger partial charge in [-0.05, 0) is 127 Å². The van der Waals surface area contributed by atoms with Crippen LogP contribution in [0.1, 0.15) is 190 Å². The molecule has 2 aliphatic heterocycles. The maximum atomic E-state index is 5.39. The van der Waals surface area contributed by atoms with Gasteiger partial charge in [-0.2, -0.15) is 0 Å². The average molecular weight is 665 g/mol. The van der Waals surface area contributed by atoms with Crippen molar-refractivity contribution in [2.45, 2.75) is 201 Å². The van der Waals surface area contributed by atoms with Crippen molar-refractivity contribution in [3.8, 4) is 0 Å². The summed E-state index contributed by atoms with van der Waals surface area (Å²) in [5.41, 5.74) is 3.17. The van der Waals surface area contributed by atoms with Crippen molar-refractivity contribution in [3.63, 3.8) is 0 Å². The van der Waals surface area contributed by atoms with Gasteiger partial charge in [0, 0.05) is 13.2 Å². The van der Waals surface area contributed by atoms with Crippen LogP contribution in [0.4, 0.5) is 0 Å². The molecule has 270 valence electrons. The topological polar surface area (TPSA) is 18.5 Å². The molecule has 0 aromatic carbocycles. The number of allylic oxidation sites excluding steroid dienone is 4. The molecule has 0 N–H and O–H groups in total. The van der Waals surface area contributed by atoms with Crippen molar-refractivity contribution < 1.29 is 62.3 Å². The van der Waals surface area contributed by atoms with Gasteiger partial charge in [0.15, 0.2) is 0 Å². The zero-order valence-corrected chi connectivity index (χ0v) is 33.0. The summed E-state index contributed by atoms with van der Waals surface area (Å²) in [7, 11) is 0. The zero-order valence-electron chi connectivity index (χ0n) is 30.9. The molecule has 2 heterocycles. The fourth-order valence-electron chi connectivity index (χ4n) is 5.65. The fourth-order valence-corrected chi connectivity index (χ4v) is 5.65. The molecule has 45 heavy (non-hydrogen) atoms. The minimum Gasteiger partial charge on any atom is -1.00 e. The van der Waals surface area contributed by atoms with Gasteiger partial charge in [0.1, 0.15) is 0 Å². The Hall–Kier alpha value is 1.04. The van der Waals surface area contributed by atoms with Crippen LogP contribution in [-0.2, 0) is 9.47 Å². The molecule has 3 fully saturated rings. The number of hydrogen-bond acceptors (Lipinski definition) is 2. The molecular formula is C42H89KO2. The third-order valence-corrected chi connectivity index (χ3v) is 9.57. The SMILES string of the molecule is C.C.C.C.CC1=CCC(C)CC1.CC1=CCC(C)CC1.CC1CCC(C)CC1.CC1CCC(C)OC1.CC1CCC(C)OC1.[H-].[K+]. The molecule has 2 saturated heterocycles. The summed E-state index contributed by atoms with van der Waals surface area (Å²) >= 11 is 0. The molecule has 5 aliphatic rings. The van der Waals surface area contributed by atoms with Crippen LogP contribution in [-0.4, -0.2) is 25.4 Å². The predicted molar refractivity (Wildman–Crippen MR) is 206 cm³/mol. The summed E-state index contributed by atoms with van der Waals surface area (Å²) in [5, 5.41) is 0. The zero-order chi connectivity index (χ0) is 29.9. The van der Waals surface area contributed by atoms with E-state index in [9.17, 15) is 0 Å². The standard InChI is InChI=1S/C8H16.2C8H14.2C7H14O.4CH4.K.H/c3*1-7-3-5-8(2)6-4-7;2*1-6-3-4-7(2)8-5-6;;;;;;/h7-8H,3-6H2,1-2H3;2*3,8H,4-6H2,1-2H3;2*6-7H,3-5H2,1-2H3;4*1H4;;/q;;;;;;;;;+1;-1. The second kappa shape index (κ2) is 33.5. The van der Waals surface area contributed by atoms with E-state index in [1.165, 1.54) is 89.9 Å². The Bertz CT molecular complexity index is 564. The van der Waals surface area contributed by atoms with Gasteiger partial charge in [0.25, 0.3) is 0 Å². The van der Waals surface area contributed by atoms with Crippen LogP contribution in [0.2, 0.25) is 0 Å². The molecule has 3 heteroatoms. The van der Waals surface area contributed by atoms with Gasteiger partial charge >= 0.3 is 51.4 Å². The van der Waals surface area contributed by atoms with Crippen molar-refractivity contribution in [3.05, 3.63) is 23.3 Å². The van der Waals surface area contributed by atoms with E-state index in [2.05, 4.69) is 81.4 Å². The Morgan fingerprint density at radius 2 is 0.733 bits per heavy atom. The second-order valence-corrected chi connectivity index (χ2v) is 14.9. The molecule has 0 bridgehead atoms. The summed E-state index contributed by atoms with van der Waals surface area (Å²) in [5.74, 6) is 5.52. The Balaban J connectivity index is -0.000000105. The van der Waals surface area contributed by atoms with Crippen LogP contribution in [0.25, 0.3) is 0 Å². The first kappa shape index (κ1) is 55.4. The molecule has 0 aromatic heterocycles. The Morgan fingerprint density at radius 3 is 0.911 bits per heavy atom. The molecule has 5 rings (SSSR count). The predicted octanol–water partition coefficient (Wildman–Crippen LogP) is 11.6.